The molecule has 2 atom stereocenters. The van der Waals surface area contributed by atoms with Gasteiger partial charge in [0.15, 0.2) is 0 Å². The summed E-state index contributed by atoms with van der Waals surface area (Å²) in [7, 11) is 0. The number of rotatable bonds is 2. The lowest BCUT2D eigenvalue weighted by Crippen LogP contribution is -2.11. The van der Waals surface area contributed by atoms with Crippen molar-refractivity contribution in [2.24, 2.45) is 17.1 Å². The zero-order chi connectivity index (χ0) is 12.8. The summed E-state index contributed by atoms with van der Waals surface area (Å²) >= 11 is 0. The van der Waals surface area contributed by atoms with E-state index in [1.165, 1.54) is 11.1 Å². The van der Waals surface area contributed by atoms with E-state index in [-0.39, 0.29) is 5.41 Å². The van der Waals surface area contributed by atoms with Crippen molar-refractivity contribution in [2.75, 3.05) is 6.54 Å². The Bertz CT molecular complexity index is 412. The van der Waals surface area contributed by atoms with E-state index in [9.17, 15) is 0 Å². The first-order chi connectivity index (χ1) is 7.78. The Morgan fingerprint density at radius 1 is 1.24 bits per heavy atom. The minimum atomic E-state index is 0.229. The molecule has 1 nitrogen and oxygen atoms in total. The van der Waals surface area contributed by atoms with Gasteiger partial charge in [0.25, 0.3) is 0 Å². The van der Waals surface area contributed by atoms with Crippen molar-refractivity contribution in [1.29, 1.82) is 0 Å². The monoisotopic (exact) mass is 231 g/mol. The number of nitrogens with two attached hydrogens (primary N) is 1. The van der Waals surface area contributed by atoms with E-state index in [4.69, 9.17) is 5.73 Å². The normalized spacial score (nSPS) is 26.9. The summed E-state index contributed by atoms with van der Waals surface area (Å²) in [5, 5.41) is 0. The van der Waals surface area contributed by atoms with Crippen molar-refractivity contribution in [3.8, 4) is 0 Å². The number of hydrogen-bond donors (Lipinski definition) is 1. The molecule has 0 aliphatic heterocycles. The number of hydrogen-bond acceptors (Lipinski definition) is 1. The van der Waals surface area contributed by atoms with Crippen LogP contribution in [0.25, 0.3) is 0 Å². The van der Waals surface area contributed by atoms with E-state index in [0.29, 0.717) is 17.3 Å². The molecule has 2 rings (SSSR count). The molecule has 17 heavy (non-hydrogen) atoms. The van der Waals surface area contributed by atoms with Crippen LogP contribution in [0.4, 0.5) is 0 Å². The molecule has 0 saturated heterocycles. The summed E-state index contributed by atoms with van der Waals surface area (Å²) in [6.07, 6.45) is 0. The SMILES string of the molecule is CC(C)(C)c1cccc([C@@H]2[C@@H](CN)C2(C)C)c1. The first-order valence-corrected chi connectivity index (χ1v) is 6.59. The molecule has 1 aromatic carbocycles. The molecule has 2 N–H and O–H groups in total. The summed E-state index contributed by atoms with van der Waals surface area (Å²) in [5.74, 6) is 1.30. The molecule has 0 spiro atoms. The van der Waals surface area contributed by atoms with Gasteiger partial charge in [-0.3, -0.25) is 0 Å². The molecule has 1 aliphatic rings. The molecule has 1 heteroatoms. The Hall–Kier alpha value is -0.820. The topological polar surface area (TPSA) is 26.0 Å². The van der Waals surface area contributed by atoms with Crippen LogP contribution in [-0.2, 0) is 5.41 Å². The molecule has 94 valence electrons. The summed E-state index contributed by atoms with van der Waals surface area (Å²) in [4.78, 5) is 0. The minimum Gasteiger partial charge on any atom is -0.330 e. The Balaban J connectivity index is 2.30. The fraction of sp³-hybridized carbons (Fsp3) is 0.625. The van der Waals surface area contributed by atoms with Crippen LogP contribution in [0.2, 0.25) is 0 Å². The zero-order valence-electron chi connectivity index (χ0n) is 11.7. The Labute approximate surface area is 105 Å². The highest BCUT2D eigenvalue weighted by molar-refractivity contribution is 5.37. The predicted octanol–water partition coefficient (Wildman–Crippen LogP) is 3.68. The van der Waals surface area contributed by atoms with Crippen molar-refractivity contribution >= 4 is 0 Å². The van der Waals surface area contributed by atoms with Gasteiger partial charge in [-0.05, 0) is 40.3 Å². The lowest BCUT2D eigenvalue weighted by molar-refractivity contribution is 0.557. The maximum Gasteiger partial charge on any atom is -0.00375 e. The van der Waals surface area contributed by atoms with Gasteiger partial charge in [-0.2, -0.15) is 0 Å². The molecule has 0 amide bonds. The van der Waals surface area contributed by atoms with Crippen molar-refractivity contribution in [2.45, 2.75) is 46.0 Å². The molecule has 1 aromatic rings. The second-order valence-electron chi connectivity index (χ2n) is 7.02. The van der Waals surface area contributed by atoms with E-state index < -0.39 is 0 Å². The highest BCUT2D eigenvalue weighted by Crippen LogP contribution is 2.63. The predicted molar refractivity (Wildman–Crippen MR) is 74.2 cm³/mol. The second kappa shape index (κ2) is 3.84. The van der Waals surface area contributed by atoms with Gasteiger partial charge >= 0.3 is 0 Å². The summed E-state index contributed by atoms with van der Waals surface area (Å²) < 4.78 is 0. The van der Waals surface area contributed by atoms with Crippen molar-refractivity contribution in [1.82, 2.24) is 0 Å². The average Bonchev–Trinajstić information content (AvgIpc) is 2.79. The van der Waals surface area contributed by atoms with Crippen LogP contribution in [-0.4, -0.2) is 6.54 Å². The molecular formula is C16H25N. The van der Waals surface area contributed by atoms with Crippen molar-refractivity contribution in [3.63, 3.8) is 0 Å². The summed E-state index contributed by atoms with van der Waals surface area (Å²) in [6, 6.07) is 9.06. The zero-order valence-corrected chi connectivity index (χ0v) is 11.7. The first kappa shape index (κ1) is 12.6. The molecule has 0 aromatic heterocycles. The standard InChI is InChI=1S/C16H25N/c1-15(2,3)12-8-6-7-11(9-12)14-13(10-17)16(14,4)5/h6-9,13-14H,10,17H2,1-5H3/t13-,14-/m1/s1. The quantitative estimate of drug-likeness (QED) is 0.825. The third kappa shape index (κ3) is 2.13. The fourth-order valence-corrected chi connectivity index (χ4v) is 3.04. The molecule has 0 radical (unpaired) electrons. The first-order valence-electron chi connectivity index (χ1n) is 6.59. The van der Waals surface area contributed by atoms with Crippen molar-refractivity contribution < 1.29 is 0 Å². The van der Waals surface area contributed by atoms with Gasteiger partial charge < -0.3 is 5.73 Å². The van der Waals surface area contributed by atoms with Crippen LogP contribution in [0.1, 0.15) is 51.7 Å². The van der Waals surface area contributed by atoms with Crippen LogP contribution in [0.5, 0.6) is 0 Å². The van der Waals surface area contributed by atoms with Gasteiger partial charge in [0.1, 0.15) is 0 Å². The number of benzene rings is 1. The highest BCUT2D eigenvalue weighted by Gasteiger charge is 2.57. The van der Waals surface area contributed by atoms with Gasteiger partial charge in [0, 0.05) is 0 Å². The van der Waals surface area contributed by atoms with Crippen LogP contribution in [0, 0.1) is 11.3 Å². The highest BCUT2D eigenvalue weighted by atomic mass is 14.7. The molecule has 0 heterocycles. The van der Waals surface area contributed by atoms with Gasteiger partial charge in [-0.15, -0.1) is 0 Å². The Morgan fingerprint density at radius 2 is 1.88 bits per heavy atom. The molecular weight excluding hydrogens is 206 g/mol. The smallest absolute Gasteiger partial charge is 0.00375 e. The second-order valence-corrected chi connectivity index (χ2v) is 7.02. The van der Waals surface area contributed by atoms with E-state index in [2.05, 4.69) is 58.9 Å². The third-order valence-electron chi connectivity index (χ3n) is 4.42. The maximum absolute atomic E-state index is 5.86. The van der Waals surface area contributed by atoms with Crippen LogP contribution in [0.15, 0.2) is 24.3 Å². The van der Waals surface area contributed by atoms with Crippen molar-refractivity contribution in [3.05, 3.63) is 35.4 Å². The van der Waals surface area contributed by atoms with E-state index in [1.807, 2.05) is 0 Å². The van der Waals surface area contributed by atoms with Gasteiger partial charge in [-0.25, -0.2) is 0 Å². The lowest BCUT2D eigenvalue weighted by Gasteiger charge is -2.20. The Kier molecular flexibility index (Phi) is 2.86. The molecule has 1 saturated carbocycles. The van der Waals surface area contributed by atoms with E-state index >= 15 is 0 Å². The molecule has 1 fully saturated rings. The summed E-state index contributed by atoms with van der Waals surface area (Å²) in [6.45, 7) is 12.3. The van der Waals surface area contributed by atoms with Gasteiger partial charge in [0.2, 0.25) is 0 Å². The molecule has 1 aliphatic carbocycles. The Morgan fingerprint density at radius 3 is 2.35 bits per heavy atom. The van der Waals surface area contributed by atoms with Crippen LogP contribution < -0.4 is 5.73 Å². The van der Waals surface area contributed by atoms with E-state index in [0.717, 1.165) is 6.54 Å². The van der Waals surface area contributed by atoms with E-state index in [1.54, 1.807) is 0 Å². The third-order valence-corrected chi connectivity index (χ3v) is 4.42. The van der Waals surface area contributed by atoms with Crippen LogP contribution in [0.3, 0.4) is 0 Å². The maximum atomic E-state index is 5.86. The van der Waals surface area contributed by atoms with Gasteiger partial charge in [0.05, 0.1) is 0 Å². The lowest BCUT2D eigenvalue weighted by atomic mass is 9.85. The minimum absolute atomic E-state index is 0.229. The largest absolute Gasteiger partial charge is 0.330 e. The van der Waals surface area contributed by atoms with Gasteiger partial charge in [-0.1, -0.05) is 58.9 Å². The average molecular weight is 231 g/mol. The molecule has 0 unspecified atom stereocenters. The fourth-order valence-electron chi connectivity index (χ4n) is 3.04. The molecule has 0 bridgehead atoms. The summed E-state index contributed by atoms with van der Waals surface area (Å²) in [5.41, 5.74) is 9.37. The van der Waals surface area contributed by atoms with Crippen LogP contribution >= 0.6 is 0 Å².